The molecule has 1 unspecified atom stereocenters. The number of nitrogens with zero attached hydrogens (tertiary/aromatic N) is 3. The summed E-state index contributed by atoms with van der Waals surface area (Å²) in [6.07, 6.45) is 10.2. The Kier molecular flexibility index (Phi) is 8.99. The molecule has 1 heterocycles. The van der Waals surface area contributed by atoms with E-state index in [1.54, 1.807) is 25.1 Å². The number of rotatable bonds is 7. The normalized spacial score (nSPS) is 19.4. The Balaban J connectivity index is 1.45. The third-order valence-corrected chi connectivity index (χ3v) is 8.00. The fraction of sp³-hybridized carbons (Fsp3) is 0.464. The van der Waals surface area contributed by atoms with Gasteiger partial charge < -0.3 is 10.2 Å². The van der Waals surface area contributed by atoms with Crippen LogP contribution in [0.15, 0.2) is 64.6 Å². The van der Waals surface area contributed by atoms with Gasteiger partial charge in [0.2, 0.25) is 11.8 Å². The molecular formula is C28H36N4O2S. The first kappa shape index (κ1) is 25.5. The lowest BCUT2D eigenvalue weighted by atomic mass is 9.84. The summed E-state index contributed by atoms with van der Waals surface area (Å²) in [5.41, 5.74) is 0. The van der Waals surface area contributed by atoms with E-state index in [9.17, 15) is 9.59 Å². The first-order valence-corrected chi connectivity index (χ1v) is 13.5. The van der Waals surface area contributed by atoms with Crippen LogP contribution < -0.4 is 5.32 Å². The Bertz CT molecular complexity index is 1090. The maximum absolute atomic E-state index is 13.4. The summed E-state index contributed by atoms with van der Waals surface area (Å²) >= 11 is 1.63. The zero-order valence-electron chi connectivity index (χ0n) is 20.8. The summed E-state index contributed by atoms with van der Waals surface area (Å²) in [6, 6.07) is 14.1. The first-order valence-electron chi connectivity index (χ1n) is 12.7. The number of amidine groups is 1. The smallest absolute Gasteiger partial charge is 0.248 e. The summed E-state index contributed by atoms with van der Waals surface area (Å²) in [5.74, 6) is 0.940. The zero-order chi connectivity index (χ0) is 24.6. The molecule has 2 fully saturated rings. The predicted octanol–water partition coefficient (Wildman–Crippen LogP) is 5.40. The van der Waals surface area contributed by atoms with Crippen LogP contribution in [-0.4, -0.2) is 52.5 Å². The van der Waals surface area contributed by atoms with Crippen LogP contribution in [0.2, 0.25) is 0 Å². The summed E-state index contributed by atoms with van der Waals surface area (Å²) in [6.45, 7) is 5.25. The molecule has 35 heavy (non-hydrogen) atoms. The second kappa shape index (κ2) is 12.4. The van der Waals surface area contributed by atoms with Gasteiger partial charge in [0.05, 0.1) is 6.54 Å². The van der Waals surface area contributed by atoms with Gasteiger partial charge in [0.1, 0.15) is 11.9 Å². The van der Waals surface area contributed by atoms with Crippen molar-refractivity contribution in [3.8, 4) is 0 Å². The van der Waals surface area contributed by atoms with E-state index in [4.69, 9.17) is 0 Å². The number of allylic oxidation sites excluding steroid dienone is 1. The number of carbonyl (C=O) groups excluding carboxylic acids is 2. The summed E-state index contributed by atoms with van der Waals surface area (Å²) in [5, 5.41) is 5.33. The van der Waals surface area contributed by atoms with Crippen molar-refractivity contribution in [2.45, 2.75) is 63.3 Å². The SMILES string of the molecule is C/C=C\N=C(C)NC(=O)C(CC1CCCCC1)N1CCN(Sc2cccc3ccccc23)CC1=O. The molecule has 1 aliphatic heterocycles. The summed E-state index contributed by atoms with van der Waals surface area (Å²) < 4.78 is 2.12. The molecule has 2 amide bonds. The van der Waals surface area contributed by atoms with Crippen LogP contribution in [0.5, 0.6) is 0 Å². The highest BCUT2D eigenvalue weighted by molar-refractivity contribution is 7.97. The van der Waals surface area contributed by atoms with E-state index in [0.29, 0.717) is 24.8 Å². The van der Waals surface area contributed by atoms with Crippen molar-refractivity contribution in [1.82, 2.24) is 14.5 Å². The number of hydrogen-bond acceptors (Lipinski definition) is 5. The number of aliphatic imine (C=N–C) groups is 1. The summed E-state index contributed by atoms with van der Waals surface area (Å²) in [4.78, 5) is 33.9. The summed E-state index contributed by atoms with van der Waals surface area (Å²) in [7, 11) is 0. The fourth-order valence-corrected chi connectivity index (χ4v) is 6.13. The van der Waals surface area contributed by atoms with Gasteiger partial charge in [0.25, 0.3) is 0 Å². The van der Waals surface area contributed by atoms with Gasteiger partial charge in [0, 0.05) is 24.2 Å². The molecule has 1 atom stereocenters. The second-order valence-electron chi connectivity index (χ2n) is 9.46. The van der Waals surface area contributed by atoms with E-state index in [1.165, 1.54) is 30.0 Å². The topological polar surface area (TPSA) is 65.0 Å². The van der Waals surface area contributed by atoms with Gasteiger partial charge in [-0.05, 0) is 55.0 Å². The Morgan fingerprint density at radius 2 is 1.91 bits per heavy atom. The zero-order valence-corrected chi connectivity index (χ0v) is 21.6. The quantitative estimate of drug-likeness (QED) is 0.319. The molecule has 1 saturated heterocycles. The molecule has 2 aromatic carbocycles. The van der Waals surface area contributed by atoms with Crippen LogP contribution in [0.1, 0.15) is 52.4 Å². The highest BCUT2D eigenvalue weighted by Gasteiger charge is 2.36. The van der Waals surface area contributed by atoms with Crippen molar-refractivity contribution in [3.05, 3.63) is 54.7 Å². The molecule has 7 heteroatoms. The number of fused-ring (bicyclic) bond motifs is 1. The van der Waals surface area contributed by atoms with Crippen LogP contribution in [0.25, 0.3) is 10.8 Å². The number of hydrogen-bond donors (Lipinski definition) is 1. The third kappa shape index (κ3) is 6.73. The predicted molar refractivity (Wildman–Crippen MR) is 144 cm³/mol. The lowest BCUT2D eigenvalue weighted by Crippen LogP contribution is -2.57. The van der Waals surface area contributed by atoms with E-state index < -0.39 is 6.04 Å². The van der Waals surface area contributed by atoms with Gasteiger partial charge in [0.15, 0.2) is 0 Å². The van der Waals surface area contributed by atoms with Gasteiger partial charge in [-0.15, -0.1) is 0 Å². The Morgan fingerprint density at radius 3 is 2.69 bits per heavy atom. The Hall–Kier alpha value is -2.64. The van der Waals surface area contributed by atoms with Gasteiger partial charge in [-0.25, -0.2) is 9.30 Å². The highest BCUT2D eigenvalue weighted by atomic mass is 32.2. The van der Waals surface area contributed by atoms with Crippen LogP contribution >= 0.6 is 11.9 Å². The third-order valence-electron chi connectivity index (χ3n) is 6.88. The Labute approximate surface area is 213 Å². The molecule has 186 valence electrons. The molecule has 2 aliphatic rings. The van der Waals surface area contributed by atoms with E-state index in [0.717, 1.165) is 30.7 Å². The number of carbonyl (C=O) groups is 2. The minimum atomic E-state index is -0.453. The molecule has 0 bridgehead atoms. The van der Waals surface area contributed by atoms with E-state index in [1.807, 2.05) is 30.0 Å². The molecule has 1 aliphatic carbocycles. The van der Waals surface area contributed by atoms with Crippen LogP contribution in [0, 0.1) is 5.92 Å². The first-order chi connectivity index (χ1) is 17.0. The number of nitrogens with one attached hydrogen (secondary N) is 1. The van der Waals surface area contributed by atoms with Crippen LogP contribution in [0.4, 0.5) is 0 Å². The minimum Gasteiger partial charge on any atom is -0.328 e. The van der Waals surface area contributed by atoms with Crippen molar-refractivity contribution >= 4 is 40.4 Å². The standard InChI is InChI=1S/C28H36N4O2S/c1-3-16-29-21(2)30-28(34)25(19-22-10-5-4-6-11-22)32-18-17-31(20-27(32)33)35-26-15-9-13-23-12-7-8-14-24(23)26/h3,7-9,12-16,22,25H,4-6,10-11,17-20H2,1-2H3,(H,29,30,34)/b16-3-. The average Bonchev–Trinajstić information content (AvgIpc) is 2.87. The number of benzene rings is 2. The molecule has 2 aromatic rings. The maximum atomic E-state index is 13.4. The van der Waals surface area contributed by atoms with Crippen molar-refractivity contribution in [3.63, 3.8) is 0 Å². The lowest BCUT2D eigenvalue weighted by molar-refractivity contribution is -0.143. The van der Waals surface area contributed by atoms with Crippen molar-refractivity contribution in [2.24, 2.45) is 10.9 Å². The van der Waals surface area contributed by atoms with Crippen molar-refractivity contribution in [1.29, 1.82) is 0 Å². The molecule has 6 nitrogen and oxygen atoms in total. The van der Waals surface area contributed by atoms with Crippen LogP contribution in [0.3, 0.4) is 0 Å². The molecule has 0 radical (unpaired) electrons. The monoisotopic (exact) mass is 492 g/mol. The second-order valence-corrected chi connectivity index (χ2v) is 10.6. The number of amides is 2. The largest absolute Gasteiger partial charge is 0.328 e. The minimum absolute atomic E-state index is 0.0167. The number of piperazine rings is 1. The molecule has 1 saturated carbocycles. The van der Waals surface area contributed by atoms with Gasteiger partial charge in [-0.1, -0.05) is 74.6 Å². The molecular weight excluding hydrogens is 456 g/mol. The van der Waals surface area contributed by atoms with Crippen molar-refractivity contribution < 1.29 is 9.59 Å². The molecule has 4 rings (SSSR count). The van der Waals surface area contributed by atoms with Gasteiger partial charge in [-0.2, -0.15) is 0 Å². The van der Waals surface area contributed by atoms with E-state index in [-0.39, 0.29) is 11.8 Å². The van der Waals surface area contributed by atoms with E-state index >= 15 is 0 Å². The van der Waals surface area contributed by atoms with Gasteiger partial charge in [-0.3, -0.25) is 9.59 Å². The fourth-order valence-electron chi connectivity index (χ4n) is 5.08. The Morgan fingerprint density at radius 1 is 1.14 bits per heavy atom. The van der Waals surface area contributed by atoms with Gasteiger partial charge >= 0.3 is 0 Å². The maximum Gasteiger partial charge on any atom is 0.248 e. The lowest BCUT2D eigenvalue weighted by Gasteiger charge is -2.39. The molecule has 1 N–H and O–H groups in total. The van der Waals surface area contributed by atoms with Crippen molar-refractivity contribution in [2.75, 3.05) is 19.6 Å². The molecule has 0 aromatic heterocycles. The van der Waals surface area contributed by atoms with Crippen LogP contribution in [-0.2, 0) is 9.59 Å². The average molecular weight is 493 g/mol. The molecule has 0 spiro atoms. The highest BCUT2D eigenvalue weighted by Crippen LogP contribution is 2.33. The van der Waals surface area contributed by atoms with E-state index in [2.05, 4.69) is 44.9 Å².